The Morgan fingerprint density at radius 1 is 1.40 bits per heavy atom. The second-order valence-electron chi connectivity index (χ2n) is 5.80. The van der Waals surface area contributed by atoms with Gasteiger partial charge in [0.15, 0.2) is 5.82 Å². The van der Waals surface area contributed by atoms with Crippen LogP contribution >= 0.6 is 0 Å². The molecule has 1 aromatic rings. The maximum atomic E-state index is 5.11. The van der Waals surface area contributed by atoms with Gasteiger partial charge in [0.25, 0.3) is 0 Å². The first-order chi connectivity index (χ1) is 9.63. The molecule has 0 bridgehead atoms. The molecule has 0 aromatic carbocycles. The summed E-state index contributed by atoms with van der Waals surface area (Å²) in [5.74, 6) is 1.45. The number of allylic oxidation sites excluding steroid dienone is 1. The molecule has 0 unspecified atom stereocenters. The molecule has 1 saturated heterocycles. The van der Waals surface area contributed by atoms with Crippen molar-refractivity contribution in [3.63, 3.8) is 0 Å². The molecule has 0 aliphatic carbocycles. The predicted molar refractivity (Wildman–Crippen MR) is 79.6 cm³/mol. The summed E-state index contributed by atoms with van der Waals surface area (Å²) in [6, 6.07) is 0.627. The van der Waals surface area contributed by atoms with Crippen molar-refractivity contribution in [3.8, 4) is 0 Å². The third-order valence-corrected chi connectivity index (χ3v) is 3.69. The Morgan fingerprint density at radius 3 is 2.75 bits per heavy atom. The van der Waals surface area contributed by atoms with Gasteiger partial charge in [-0.05, 0) is 46.7 Å². The maximum absolute atomic E-state index is 5.11. The number of hydrogen-bond acceptors (Lipinski definition) is 5. The molecule has 1 aliphatic heterocycles. The molecule has 20 heavy (non-hydrogen) atoms. The van der Waals surface area contributed by atoms with E-state index in [9.17, 15) is 0 Å². The van der Waals surface area contributed by atoms with E-state index in [0.29, 0.717) is 11.9 Å². The smallest absolute Gasteiger partial charge is 0.227 e. The highest BCUT2D eigenvalue weighted by Crippen LogP contribution is 2.10. The first-order valence-electron chi connectivity index (χ1n) is 7.52. The van der Waals surface area contributed by atoms with E-state index in [-0.39, 0.29) is 0 Å². The molecule has 5 heteroatoms. The Hall–Kier alpha value is -1.20. The van der Waals surface area contributed by atoms with Gasteiger partial charge in [-0.2, -0.15) is 4.98 Å². The van der Waals surface area contributed by atoms with E-state index in [1.54, 1.807) is 0 Å². The molecular weight excluding hydrogens is 252 g/mol. The summed E-state index contributed by atoms with van der Waals surface area (Å²) < 4.78 is 5.11. The van der Waals surface area contributed by atoms with Crippen LogP contribution in [-0.4, -0.2) is 47.3 Å². The number of likely N-dealkylation sites (tertiary alicyclic amines) is 1. The average molecular weight is 278 g/mol. The van der Waals surface area contributed by atoms with Crippen molar-refractivity contribution in [2.75, 3.05) is 26.2 Å². The second kappa shape index (κ2) is 7.55. The van der Waals surface area contributed by atoms with E-state index in [1.807, 2.05) is 6.92 Å². The Labute approximate surface area is 121 Å². The monoisotopic (exact) mass is 278 g/mol. The maximum Gasteiger partial charge on any atom is 0.227 e. The number of nitrogens with one attached hydrogen (secondary N) is 1. The van der Waals surface area contributed by atoms with Gasteiger partial charge in [-0.15, -0.1) is 0 Å². The second-order valence-corrected chi connectivity index (χ2v) is 5.80. The fraction of sp³-hybridized carbons (Fsp3) is 0.733. The summed E-state index contributed by atoms with van der Waals surface area (Å²) >= 11 is 0. The number of piperidine rings is 1. The number of nitrogens with zero attached hydrogens (tertiary/aromatic N) is 3. The van der Waals surface area contributed by atoms with E-state index in [4.69, 9.17) is 4.52 Å². The Kier molecular flexibility index (Phi) is 5.73. The third kappa shape index (κ3) is 5.06. The molecule has 1 fully saturated rings. The quantitative estimate of drug-likeness (QED) is 0.806. The molecule has 2 heterocycles. The number of rotatable bonds is 6. The first kappa shape index (κ1) is 15.2. The highest BCUT2D eigenvalue weighted by Gasteiger charge is 2.17. The molecule has 1 aliphatic rings. The molecule has 2 rings (SSSR count). The Morgan fingerprint density at radius 2 is 2.15 bits per heavy atom. The number of hydrogen-bond donors (Lipinski definition) is 1. The molecule has 1 aromatic heterocycles. The van der Waals surface area contributed by atoms with Crippen LogP contribution in [-0.2, 0) is 6.42 Å². The fourth-order valence-electron chi connectivity index (χ4n) is 2.46. The van der Waals surface area contributed by atoms with Gasteiger partial charge in [-0.1, -0.05) is 16.8 Å². The predicted octanol–water partition coefficient (Wildman–Crippen LogP) is 1.94. The summed E-state index contributed by atoms with van der Waals surface area (Å²) in [6.07, 6.45) is 5.57. The van der Waals surface area contributed by atoms with Gasteiger partial charge in [0, 0.05) is 25.6 Å². The lowest BCUT2D eigenvalue weighted by Crippen LogP contribution is -2.43. The van der Waals surface area contributed by atoms with Crippen LogP contribution in [0.1, 0.15) is 38.4 Å². The molecule has 5 nitrogen and oxygen atoms in total. The van der Waals surface area contributed by atoms with E-state index in [1.165, 1.54) is 31.5 Å². The highest BCUT2D eigenvalue weighted by atomic mass is 16.5. The average Bonchev–Trinajstić information content (AvgIpc) is 2.83. The van der Waals surface area contributed by atoms with Crippen molar-refractivity contribution in [2.45, 2.75) is 46.1 Å². The minimum atomic E-state index is 0.627. The van der Waals surface area contributed by atoms with Crippen molar-refractivity contribution >= 4 is 0 Å². The zero-order chi connectivity index (χ0) is 14.4. The normalized spacial score (nSPS) is 17.4. The molecule has 0 radical (unpaired) electrons. The van der Waals surface area contributed by atoms with Crippen molar-refractivity contribution in [3.05, 3.63) is 23.4 Å². The fourth-order valence-corrected chi connectivity index (χ4v) is 2.46. The summed E-state index contributed by atoms with van der Waals surface area (Å²) in [7, 11) is 0. The van der Waals surface area contributed by atoms with Gasteiger partial charge in [0.2, 0.25) is 5.89 Å². The minimum absolute atomic E-state index is 0.627. The molecule has 0 amide bonds. The first-order valence-corrected chi connectivity index (χ1v) is 7.52. The summed E-state index contributed by atoms with van der Waals surface area (Å²) in [6.45, 7) is 10.5. The summed E-state index contributed by atoms with van der Waals surface area (Å²) in [4.78, 5) is 6.73. The van der Waals surface area contributed by atoms with Crippen LogP contribution in [0.15, 0.2) is 16.2 Å². The van der Waals surface area contributed by atoms with Gasteiger partial charge < -0.3 is 9.84 Å². The SMILES string of the molecule is CC(C)=CCN1CCC(NCCc2nc(C)no2)CC1. The van der Waals surface area contributed by atoms with Crippen molar-refractivity contribution < 1.29 is 4.52 Å². The standard InChI is InChI=1S/C15H26N4O/c1-12(2)5-9-19-10-6-14(7-11-19)16-8-4-15-17-13(3)18-20-15/h5,14,16H,4,6-11H2,1-3H3. The molecule has 0 saturated carbocycles. The Balaban J connectivity index is 1.61. The lowest BCUT2D eigenvalue weighted by atomic mass is 10.0. The number of aromatic nitrogens is 2. The van der Waals surface area contributed by atoms with Gasteiger partial charge in [-0.25, -0.2) is 0 Å². The van der Waals surface area contributed by atoms with Crippen LogP contribution in [0.4, 0.5) is 0 Å². The lowest BCUT2D eigenvalue weighted by Gasteiger charge is -2.31. The van der Waals surface area contributed by atoms with Crippen LogP contribution in [0, 0.1) is 6.92 Å². The molecule has 1 N–H and O–H groups in total. The summed E-state index contributed by atoms with van der Waals surface area (Å²) in [5, 5.41) is 7.40. The summed E-state index contributed by atoms with van der Waals surface area (Å²) in [5.41, 5.74) is 1.40. The van der Waals surface area contributed by atoms with Crippen LogP contribution < -0.4 is 5.32 Å². The third-order valence-electron chi connectivity index (χ3n) is 3.69. The van der Waals surface area contributed by atoms with Crippen molar-refractivity contribution in [2.24, 2.45) is 0 Å². The van der Waals surface area contributed by atoms with Gasteiger partial charge in [0.05, 0.1) is 0 Å². The van der Waals surface area contributed by atoms with Crippen molar-refractivity contribution in [1.29, 1.82) is 0 Å². The van der Waals surface area contributed by atoms with Crippen LogP contribution in [0.5, 0.6) is 0 Å². The highest BCUT2D eigenvalue weighted by molar-refractivity contribution is 4.95. The largest absolute Gasteiger partial charge is 0.339 e. The van der Waals surface area contributed by atoms with E-state index < -0.39 is 0 Å². The van der Waals surface area contributed by atoms with Crippen molar-refractivity contribution in [1.82, 2.24) is 20.4 Å². The van der Waals surface area contributed by atoms with Gasteiger partial charge in [0.1, 0.15) is 0 Å². The van der Waals surface area contributed by atoms with Gasteiger partial charge >= 0.3 is 0 Å². The molecule has 0 atom stereocenters. The van der Waals surface area contributed by atoms with E-state index >= 15 is 0 Å². The zero-order valence-corrected chi connectivity index (χ0v) is 12.9. The lowest BCUT2D eigenvalue weighted by molar-refractivity contribution is 0.214. The van der Waals surface area contributed by atoms with Crippen LogP contribution in [0.3, 0.4) is 0 Å². The van der Waals surface area contributed by atoms with E-state index in [2.05, 4.69) is 40.3 Å². The number of aryl methyl sites for hydroxylation is 1. The van der Waals surface area contributed by atoms with Crippen LogP contribution in [0.25, 0.3) is 0 Å². The topological polar surface area (TPSA) is 54.2 Å². The van der Waals surface area contributed by atoms with E-state index in [0.717, 1.165) is 25.4 Å². The molecular formula is C15H26N4O. The van der Waals surface area contributed by atoms with Crippen LogP contribution in [0.2, 0.25) is 0 Å². The molecule has 0 spiro atoms. The molecule has 112 valence electrons. The Bertz CT molecular complexity index is 429. The zero-order valence-electron chi connectivity index (χ0n) is 12.9. The minimum Gasteiger partial charge on any atom is -0.339 e. The van der Waals surface area contributed by atoms with Gasteiger partial charge in [-0.3, -0.25) is 4.90 Å².